The summed E-state index contributed by atoms with van der Waals surface area (Å²) in [6, 6.07) is 16.5. The highest BCUT2D eigenvalue weighted by Gasteiger charge is 2.00. The molecular weight excluding hydrogens is 212 g/mol. The van der Waals surface area contributed by atoms with Crippen LogP contribution in [0.15, 0.2) is 42.5 Å². The lowest BCUT2D eigenvalue weighted by molar-refractivity contribution is 0.277. The molecule has 0 atom stereocenters. The molecule has 0 unspecified atom stereocenters. The van der Waals surface area contributed by atoms with Crippen LogP contribution in [-0.2, 0) is 13.2 Å². The highest BCUT2D eigenvalue weighted by Crippen LogP contribution is 2.18. The first-order chi connectivity index (χ1) is 8.29. The third kappa shape index (κ3) is 3.08. The van der Waals surface area contributed by atoms with Crippen molar-refractivity contribution in [2.24, 2.45) is 0 Å². The minimum Gasteiger partial charge on any atom is -0.489 e. The second-order valence-corrected chi connectivity index (χ2v) is 3.95. The molecule has 2 aromatic rings. The topological polar surface area (TPSA) is 29.5 Å². The molecule has 0 amide bonds. The van der Waals surface area contributed by atoms with Gasteiger partial charge in [-0.15, -0.1) is 0 Å². The van der Waals surface area contributed by atoms with Gasteiger partial charge in [0.2, 0.25) is 0 Å². The van der Waals surface area contributed by atoms with Crippen molar-refractivity contribution in [2.75, 3.05) is 0 Å². The van der Waals surface area contributed by atoms with Crippen molar-refractivity contribution in [2.45, 2.75) is 20.1 Å². The zero-order valence-electron chi connectivity index (χ0n) is 9.81. The third-order valence-corrected chi connectivity index (χ3v) is 2.67. The van der Waals surface area contributed by atoms with E-state index in [0.29, 0.717) is 6.61 Å². The fourth-order valence-electron chi connectivity index (χ4n) is 1.59. The fraction of sp³-hybridized carbons (Fsp3) is 0.200. The van der Waals surface area contributed by atoms with Gasteiger partial charge in [0, 0.05) is 0 Å². The Labute approximate surface area is 101 Å². The van der Waals surface area contributed by atoms with Gasteiger partial charge in [0.05, 0.1) is 6.61 Å². The van der Waals surface area contributed by atoms with E-state index >= 15 is 0 Å². The Balaban J connectivity index is 2.04. The molecule has 2 aromatic carbocycles. The van der Waals surface area contributed by atoms with Gasteiger partial charge >= 0.3 is 0 Å². The molecule has 0 fully saturated rings. The molecular formula is C15H15O2. The van der Waals surface area contributed by atoms with Crippen LogP contribution in [0.4, 0.5) is 0 Å². The van der Waals surface area contributed by atoms with Gasteiger partial charge in [-0.05, 0) is 47.9 Å². The number of aliphatic hydroxyl groups is 1. The van der Waals surface area contributed by atoms with Gasteiger partial charge in [0.1, 0.15) is 12.4 Å². The predicted molar refractivity (Wildman–Crippen MR) is 66.7 cm³/mol. The third-order valence-electron chi connectivity index (χ3n) is 2.67. The summed E-state index contributed by atoms with van der Waals surface area (Å²) in [5, 5.41) is 9.17. The molecule has 0 aliphatic carbocycles. The van der Waals surface area contributed by atoms with Crippen LogP contribution in [0.2, 0.25) is 0 Å². The Bertz CT molecular complexity index is 478. The average Bonchev–Trinajstić information content (AvgIpc) is 2.39. The lowest BCUT2D eigenvalue weighted by Crippen LogP contribution is -1.97. The van der Waals surface area contributed by atoms with Crippen molar-refractivity contribution >= 4 is 0 Å². The largest absolute Gasteiger partial charge is 0.489 e. The Morgan fingerprint density at radius 2 is 2.18 bits per heavy atom. The van der Waals surface area contributed by atoms with E-state index in [-0.39, 0.29) is 6.61 Å². The van der Waals surface area contributed by atoms with Crippen molar-refractivity contribution in [3.8, 4) is 5.75 Å². The number of hydrogen-bond donors (Lipinski definition) is 1. The molecule has 17 heavy (non-hydrogen) atoms. The lowest BCUT2D eigenvalue weighted by atomic mass is 10.1. The van der Waals surface area contributed by atoms with Crippen molar-refractivity contribution in [1.29, 1.82) is 0 Å². The molecule has 2 nitrogen and oxygen atoms in total. The van der Waals surface area contributed by atoms with E-state index in [2.05, 4.69) is 6.07 Å². The quantitative estimate of drug-likeness (QED) is 0.870. The molecule has 0 heterocycles. The first kappa shape index (κ1) is 11.7. The number of ether oxygens (including phenoxy) is 1. The standard InChI is InChI=1S/C15H15O2/c1-12-7-8-15(9-14(12)10-16)17-11-13-5-3-2-4-6-13/h2-3,5-9,16H,10-11H2,1H3. The maximum absolute atomic E-state index is 9.17. The van der Waals surface area contributed by atoms with Crippen LogP contribution in [0, 0.1) is 13.0 Å². The van der Waals surface area contributed by atoms with E-state index in [9.17, 15) is 0 Å². The van der Waals surface area contributed by atoms with E-state index in [1.54, 1.807) is 0 Å². The number of hydrogen-bond acceptors (Lipinski definition) is 2. The van der Waals surface area contributed by atoms with Crippen LogP contribution >= 0.6 is 0 Å². The number of aliphatic hydroxyl groups excluding tert-OH is 1. The fourth-order valence-corrected chi connectivity index (χ4v) is 1.59. The summed E-state index contributed by atoms with van der Waals surface area (Å²) < 4.78 is 5.66. The Kier molecular flexibility index (Phi) is 3.78. The summed E-state index contributed by atoms with van der Waals surface area (Å²) in [5.41, 5.74) is 3.06. The number of aryl methyl sites for hydroxylation is 1. The van der Waals surface area contributed by atoms with E-state index in [1.807, 2.05) is 49.4 Å². The summed E-state index contributed by atoms with van der Waals surface area (Å²) in [6.45, 7) is 2.54. The van der Waals surface area contributed by atoms with Crippen molar-refractivity contribution < 1.29 is 9.84 Å². The molecule has 87 valence electrons. The van der Waals surface area contributed by atoms with Crippen LogP contribution in [0.1, 0.15) is 16.7 Å². The van der Waals surface area contributed by atoms with E-state index in [4.69, 9.17) is 9.84 Å². The zero-order chi connectivity index (χ0) is 12.1. The zero-order valence-corrected chi connectivity index (χ0v) is 9.81. The highest BCUT2D eigenvalue weighted by molar-refractivity contribution is 5.34. The Morgan fingerprint density at radius 3 is 2.88 bits per heavy atom. The smallest absolute Gasteiger partial charge is 0.120 e. The van der Waals surface area contributed by atoms with Crippen LogP contribution in [-0.4, -0.2) is 5.11 Å². The molecule has 0 aliphatic heterocycles. The molecule has 0 spiro atoms. The van der Waals surface area contributed by atoms with Crippen molar-refractivity contribution in [3.05, 3.63) is 65.2 Å². The molecule has 0 bridgehead atoms. The van der Waals surface area contributed by atoms with Crippen LogP contribution < -0.4 is 4.74 Å². The molecule has 2 heteroatoms. The first-order valence-electron chi connectivity index (χ1n) is 5.58. The minimum absolute atomic E-state index is 0.0438. The minimum atomic E-state index is 0.0438. The van der Waals surface area contributed by atoms with Crippen molar-refractivity contribution in [1.82, 2.24) is 0 Å². The molecule has 0 aliphatic rings. The maximum atomic E-state index is 9.17. The van der Waals surface area contributed by atoms with Crippen molar-refractivity contribution in [3.63, 3.8) is 0 Å². The van der Waals surface area contributed by atoms with Crippen LogP contribution in [0.5, 0.6) is 5.75 Å². The summed E-state index contributed by atoms with van der Waals surface area (Å²) in [7, 11) is 0. The lowest BCUT2D eigenvalue weighted by Gasteiger charge is -2.09. The van der Waals surface area contributed by atoms with Gasteiger partial charge in [-0.1, -0.05) is 24.3 Å². The van der Waals surface area contributed by atoms with Gasteiger partial charge in [-0.25, -0.2) is 0 Å². The average molecular weight is 227 g/mol. The summed E-state index contributed by atoms with van der Waals surface area (Å²) in [6.07, 6.45) is 0. The van der Waals surface area contributed by atoms with Gasteiger partial charge in [-0.2, -0.15) is 0 Å². The SMILES string of the molecule is Cc1ccc(OCc2c[c]ccc2)cc1CO. The molecule has 0 aromatic heterocycles. The Hall–Kier alpha value is -1.80. The van der Waals surface area contributed by atoms with Gasteiger partial charge in [0.15, 0.2) is 0 Å². The second-order valence-electron chi connectivity index (χ2n) is 3.95. The normalized spacial score (nSPS) is 10.2. The van der Waals surface area contributed by atoms with Gasteiger partial charge in [0.25, 0.3) is 0 Å². The predicted octanol–water partition coefficient (Wildman–Crippen LogP) is 2.87. The molecule has 2 rings (SSSR count). The maximum Gasteiger partial charge on any atom is 0.120 e. The Morgan fingerprint density at radius 1 is 1.29 bits per heavy atom. The van der Waals surface area contributed by atoms with Crippen LogP contribution in [0.25, 0.3) is 0 Å². The van der Waals surface area contributed by atoms with Gasteiger partial charge < -0.3 is 9.84 Å². The molecule has 1 radical (unpaired) electrons. The molecule has 0 saturated carbocycles. The summed E-state index contributed by atoms with van der Waals surface area (Å²) >= 11 is 0. The van der Waals surface area contributed by atoms with Crippen LogP contribution in [0.3, 0.4) is 0 Å². The molecule has 0 saturated heterocycles. The van der Waals surface area contributed by atoms with E-state index in [0.717, 1.165) is 22.4 Å². The molecule has 1 N–H and O–H groups in total. The number of rotatable bonds is 4. The summed E-state index contributed by atoms with van der Waals surface area (Å²) in [5.74, 6) is 0.781. The number of benzene rings is 2. The summed E-state index contributed by atoms with van der Waals surface area (Å²) in [4.78, 5) is 0. The second kappa shape index (κ2) is 5.51. The highest BCUT2D eigenvalue weighted by atomic mass is 16.5. The monoisotopic (exact) mass is 227 g/mol. The first-order valence-corrected chi connectivity index (χ1v) is 5.58. The van der Waals surface area contributed by atoms with Gasteiger partial charge in [-0.3, -0.25) is 0 Å². The van der Waals surface area contributed by atoms with E-state index < -0.39 is 0 Å². The van der Waals surface area contributed by atoms with E-state index in [1.165, 1.54) is 0 Å².